The van der Waals surface area contributed by atoms with Crippen molar-refractivity contribution in [2.45, 2.75) is 43.5 Å². The minimum absolute atomic E-state index is 0.131. The fourth-order valence-corrected chi connectivity index (χ4v) is 5.42. The smallest absolute Gasteiger partial charge is 0.243 e. The second-order valence-electron chi connectivity index (χ2n) is 7.62. The summed E-state index contributed by atoms with van der Waals surface area (Å²) >= 11 is 0. The molecule has 1 fully saturated rings. The number of ether oxygens (including phenoxy) is 2. The molecule has 3 rings (SSSR count). The number of methoxy groups -OCH3 is 2. The predicted octanol–water partition coefficient (Wildman–Crippen LogP) is 3.30. The van der Waals surface area contributed by atoms with Gasteiger partial charge in [-0.3, -0.25) is 4.79 Å². The average molecular weight is 447 g/mol. The minimum atomic E-state index is -3.52. The lowest BCUT2D eigenvalue weighted by atomic mass is 10.1. The number of benzene rings is 2. The summed E-state index contributed by atoms with van der Waals surface area (Å²) in [7, 11) is -0.385. The van der Waals surface area contributed by atoms with E-state index in [1.807, 2.05) is 31.2 Å². The molecule has 1 saturated heterocycles. The highest BCUT2D eigenvalue weighted by atomic mass is 32.2. The molecule has 0 aromatic heterocycles. The van der Waals surface area contributed by atoms with E-state index >= 15 is 0 Å². The third kappa shape index (κ3) is 5.37. The SMILES string of the molecule is COc1ccc(S(=O)(=O)N2CCCC2)cc1CCC(=O)NC(C)c1ccccc1OC. The summed E-state index contributed by atoms with van der Waals surface area (Å²) in [4.78, 5) is 12.8. The molecular weight excluding hydrogens is 416 g/mol. The maximum Gasteiger partial charge on any atom is 0.243 e. The number of aryl methyl sites for hydroxylation is 1. The summed E-state index contributed by atoms with van der Waals surface area (Å²) in [5.41, 5.74) is 1.59. The standard InChI is InChI=1S/C23H30N2O5S/c1-17(20-8-4-5-9-22(20)30-3)24-23(26)13-10-18-16-19(11-12-21(18)29-2)31(27,28)25-14-6-7-15-25/h4-5,8-9,11-12,16-17H,6-7,10,13-15H2,1-3H3,(H,24,26). The van der Waals surface area contributed by atoms with E-state index in [2.05, 4.69) is 5.32 Å². The summed E-state index contributed by atoms with van der Waals surface area (Å²) in [6.45, 7) is 3.00. The largest absolute Gasteiger partial charge is 0.496 e. The van der Waals surface area contributed by atoms with E-state index in [4.69, 9.17) is 9.47 Å². The van der Waals surface area contributed by atoms with Crippen LogP contribution in [0.5, 0.6) is 11.5 Å². The Morgan fingerprint density at radius 3 is 2.42 bits per heavy atom. The van der Waals surface area contributed by atoms with Crippen LogP contribution in [0.15, 0.2) is 47.4 Å². The molecule has 0 radical (unpaired) electrons. The fourth-order valence-electron chi connectivity index (χ4n) is 3.85. The lowest BCUT2D eigenvalue weighted by Gasteiger charge is -2.18. The second kappa shape index (κ2) is 10.2. The zero-order valence-electron chi connectivity index (χ0n) is 18.3. The van der Waals surface area contributed by atoms with E-state index in [0.717, 1.165) is 24.2 Å². The molecule has 31 heavy (non-hydrogen) atoms. The minimum Gasteiger partial charge on any atom is -0.496 e. The van der Waals surface area contributed by atoms with Crippen LogP contribution in [-0.4, -0.2) is 45.9 Å². The molecule has 1 aliphatic heterocycles. The Bertz CT molecular complexity index is 1020. The Morgan fingerprint density at radius 2 is 1.74 bits per heavy atom. The van der Waals surface area contributed by atoms with Gasteiger partial charge in [0.1, 0.15) is 11.5 Å². The molecule has 168 valence electrons. The lowest BCUT2D eigenvalue weighted by Crippen LogP contribution is -2.28. The van der Waals surface area contributed by atoms with Gasteiger partial charge in [0, 0.05) is 25.1 Å². The molecule has 1 atom stereocenters. The van der Waals surface area contributed by atoms with Crippen molar-refractivity contribution in [3.05, 3.63) is 53.6 Å². The van der Waals surface area contributed by atoms with Gasteiger partial charge in [0.05, 0.1) is 25.2 Å². The van der Waals surface area contributed by atoms with Gasteiger partial charge < -0.3 is 14.8 Å². The Balaban J connectivity index is 1.69. The van der Waals surface area contributed by atoms with Crippen molar-refractivity contribution in [1.82, 2.24) is 9.62 Å². The second-order valence-corrected chi connectivity index (χ2v) is 9.55. The van der Waals surface area contributed by atoms with Gasteiger partial charge in [-0.15, -0.1) is 0 Å². The molecule has 1 N–H and O–H groups in total. The maximum absolute atomic E-state index is 12.9. The molecule has 0 saturated carbocycles. The molecule has 1 unspecified atom stereocenters. The number of rotatable bonds is 9. The van der Waals surface area contributed by atoms with E-state index in [0.29, 0.717) is 30.8 Å². The summed E-state index contributed by atoms with van der Waals surface area (Å²) in [6.07, 6.45) is 2.35. The van der Waals surface area contributed by atoms with Crippen molar-refractivity contribution in [3.8, 4) is 11.5 Å². The van der Waals surface area contributed by atoms with E-state index in [9.17, 15) is 13.2 Å². The summed E-state index contributed by atoms with van der Waals surface area (Å²) in [5.74, 6) is 1.16. The normalized spacial score (nSPS) is 15.5. The van der Waals surface area contributed by atoms with Gasteiger partial charge in [-0.2, -0.15) is 4.31 Å². The van der Waals surface area contributed by atoms with Gasteiger partial charge in [0.15, 0.2) is 0 Å². The molecule has 2 aromatic carbocycles. The van der Waals surface area contributed by atoms with Gasteiger partial charge >= 0.3 is 0 Å². The molecule has 0 spiro atoms. The number of nitrogens with zero attached hydrogens (tertiary/aromatic N) is 1. The number of hydrogen-bond donors (Lipinski definition) is 1. The maximum atomic E-state index is 12.9. The summed E-state index contributed by atoms with van der Waals surface area (Å²) in [5, 5.41) is 2.98. The molecule has 1 heterocycles. The van der Waals surface area contributed by atoms with Crippen LogP contribution in [0.25, 0.3) is 0 Å². The van der Waals surface area contributed by atoms with Crippen LogP contribution in [0.2, 0.25) is 0 Å². The molecule has 1 aliphatic rings. The van der Waals surface area contributed by atoms with Crippen molar-refractivity contribution in [1.29, 1.82) is 0 Å². The number of amides is 1. The van der Waals surface area contributed by atoms with E-state index < -0.39 is 10.0 Å². The topological polar surface area (TPSA) is 84.9 Å². The summed E-state index contributed by atoms with van der Waals surface area (Å²) < 4.78 is 38.0. The van der Waals surface area contributed by atoms with Gasteiger partial charge in [-0.25, -0.2) is 8.42 Å². The van der Waals surface area contributed by atoms with Crippen molar-refractivity contribution in [2.24, 2.45) is 0 Å². The van der Waals surface area contributed by atoms with Crippen molar-refractivity contribution >= 4 is 15.9 Å². The average Bonchev–Trinajstić information content (AvgIpc) is 3.33. The van der Waals surface area contributed by atoms with Gasteiger partial charge in [-0.05, 0) is 56.0 Å². The first-order valence-corrected chi connectivity index (χ1v) is 11.9. The van der Waals surface area contributed by atoms with Crippen molar-refractivity contribution in [3.63, 3.8) is 0 Å². The Labute approximate surface area is 184 Å². The number of sulfonamides is 1. The first-order chi connectivity index (χ1) is 14.9. The Kier molecular flexibility index (Phi) is 7.56. The number of nitrogens with one attached hydrogen (secondary N) is 1. The van der Waals surface area contributed by atoms with E-state index in [1.165, 1.54) is 11.4 Å². The van der Waals surface area contributed by atoms with Crippen molar-refractivity contribution < 1.29 is 22.7 Å². The fraction of sp³-hybridized carbons (Fsp3) is 0.435. The molecule has 0 aliphatic carbocycles. The van der Waals surface area contributed by atoms with Crippen LogP contribution in [0.4, 0.5) is 0 Å². The van der Waals surface area contributed by atoms with Crippen LogP contribution in [0.3, 0.4) is 0 Å². The molecule has 2 aromatic rings. The van der Waals surface area contributed by atoms with Crippen LogP contribution in [-0.2, 0) is 21.2 Å². The molecule has 7 nitrogen and oxygen atoms in total. The quantitative estimate of drug-likeness (QED) is 0.639. The zero-order chi connectivity index (χ0) is 22.4. The first kappa shape index (κ1) is 23.1. The van der Waals surface area contributed by atoms with E-state index in [-0.39, 0.29) is 23.3 Å². The Hall–Kier alpha value is -2.58. The zero-order valence-corrected chi connectivity index (χ0v) is 19.1. The highest BCUT2D eigenvalue weighted by Gasteiger charge is 2.28. The number of carbonyl (C=O) groups excluding carboxylic acids is 1. The van der Waals surface area contributed by atoms with Crippen LogP contribution in [0.1, 0.15) is 43.4 Å². The number of hydrogen-bond acceptors (Lipinski definition) is 5. The highest BCUT2D eigenvalue weighted by Crippen LogP contribution is 2.28. The van der Waals surface area contributed by atoms with Crippen LogP contribution in [0, 0.1) is 0 Å². The predicted molar refractivity (Wildman–Crippen MR) is 119 cm³/mol. The highest BCUT2D eigenvalue weighted by molar-refractivity contribution is 7.89. The van der Waals surface area contributed by atoms with Crippen LogP contribution < -0.4 is 14.8 Å². The summed E-state index contributed by atoms with van der Waals surface area (Å²) in [6, 6.07) is 12.2. The number of carbonyl (C=O) groups is 1. The first-order valence-electron chi connectivity index (χ1n) is 10.5. The number of para-hydroxylation sites is 1. The Morgan fingerprint density at radius 1 is 1.06 bits per heavy atom. The lowest BCUT2D eigenvalue weighted by molar-refractivity contribution is -0.121. The molecule has 0 bridgehead atoms. The molecule has 8 heteroatoms. The van der Waals surface area contributed by atoms with Gasteiger partial charge in [0.25, 0.3) is 0 Å². The van der Waals surface area contributed by atoms with Gasteiger partial charge in [-0.1, -0.05) is 18.2 Å². The van der Waals surface area contributed by atoms with Crippen LogP contribution >= 0.6 is 0 Å². The third-order valence-corrected chi connectivity index (χ3v) is 7.45. The molecular formula is C23H30N2O5S. The van der Waals surface area contributed by atoms with Crippen molar-refractivity contribution in [2.75, 3.05) is 27.3 Å². The molecule has 1 amide bonds. The van der Waals surface area contributed by atoms with Gasteiger partial charge in [0.2, 0.25) is 15.9 Å². The van der Waals surface area contributed by atoms with E-state index in [1.54, 1.807) is 25.3 Å². The third-order valence-electron chi connectivity index (χ3n) is 5.56. The monoisotopic (exact) mass is 446 g/mol.